The van der Waals surface area contributed by atoms with Gasteiger partial charge in [0, 0.05) is 27.5 Å². The first kappa shape index (κ1) is 31.0. The van der Waals surface area contributed by atoms with Crippen molar-refractivity contribution in [3.05, 3.63) is 223 Å². The molecule has 0 aliphatic heterocycles. The summed E-state index contributed by atoms with van der Waals surface area (Å²) >= 11 is 0. The molecule has 0 saturated heterocycles. The van der Waals surface area contributed by atoms with Gasteiger partial charge in [-0.3, -0.25) is 0 Å². The predicted molar refractivity (Wildman–Crippen MR) is 233 cm³/mol. The normalized spacial score (nSPS) is 13.1. The fourth-order valence-electron chi connectivity index (χ4n) is 9.72. The lowest BCUT2D eigenvalue weighted by Crippen LogP contribution is -2.35. The van der Waals surface area contributed by atoms with Gasteiger partial charge in [0.05, 0.1) is 22.1 Å². The van der Waals surface area contributed by atoms with Gasteiger partial charge in [-0.05, 0) is 93.2 Å². The maximum atomic E-state index is 6.45. The van der Waals surface area contributed by atoms with Crippen molar-refractivity contribution in [2.75, 3.05) is 4.90 Å². The molecular weight excluding hydrogens is 681 g/mol. The van der Waals surface area contributed by atoms with Gasteiger partial charge in [0.15, 0.2) is 0 Å². The lowest BCUT2D eigenvalue weighted by molar-refractivity contribution is 0.564. The van der Waals surface area contributed by atoms with Gasteiger partial charge >= 0.3 is 0 Å². The van der Waals surface area contributed by atoms with Gasteiger partial charge in [-0.15, -0.1) is 0 Å². The van der Waals surface area contributed by atoms with E-state index >= 15 is 0 Å². The Morgan fingerprint density at radius 2 is 1.02 bits per heavy atom. The standard InChI is InChI=1S/C53H34N2O/c1-2-17-37(18-3-1)53(45-23-10-6-19-40(45)41-20-7-11-24-46(41)53)55-47-25-12-8-21-42(47)44-34-39(31-32-48(44)55)54(38-30-29-35-15-4-5-16-36(35)33-38)49-26-14-28-51-52(49)43-22-9-13-27-50(43)56-51/h1-34H. The molecule has 3 nitrogen and oxygen atoms in total. The van der Waals surface area contributed by atoms with Crippen molar-refractivity contribution in [1.82, 2.24) is 4.57 Å². The second-order valence-electron chi connectivity index (χ2n) is 14.8. The van der Waals surface area contributed by atoms with Gasteiger partial charge in [0.1, 0.15) is 16.7 Å². The minimum Gasteiger partial charge on any atom is -0.456 e. The van der Waals surface area contributed by atoms with E-state index in [0.29, 0.717) is 0 Å². The lowest BCUT2D eigenvalue weighted by Gasteiger charge is -2.36. The van der Waals surface area contributed by atoms with Crippen molar-refractivity contribution in [2.45, 2.75) is 5.54 Å². The van der Waals surface area contributed by atoms with Crippen LogP contribution in [0.15, 0.2) is 211 Å². The van der Waals surface area contributed by atoms with Gasteiger partial charge in [0.25, 0.3) is 0 Å². The Kier molecular flexibility index (Phi) is 6.55. The maximum absolute atomic E-state index is 6.45. The number of anilines is 3. The Morgan fingerprint density at radius 3 is 1.84 bits per heavy atom. The average molecular weight is 715 g/mol. The molecule has 2 aromatic heterocycles. The molecule has 1 aliphatic carbocycles. The Hall–Kier alpha value is -7.36. The van der Waals surface area contributed by atoms with Crippen molar-refractivity contribution in [3.63, 3.8) is 0 Å². The number of rotatable bonds is 5. The summed E-state index contributed by atoms with van der Waals surface area (Å²) < 4.78 is 9.07. The predicted octanol–water partition coefficient (Wildman–Crippen LogP) is 14.1. The van der Waals surface area contributed by atoms with Crippen molar-refractivity contribution >= 4 is 71.6 Å². The first-order valence-electron chi connectivity index (χ1n) is 19.3. The first-order chi connectivity index (χ1) is 27.8. The van der Waals surface area contributed by atoms with Crippen LogP contribution in [0.5, 0.6) is 0 Å². The van der Waals surface area contributed by atoms with Crippen molar-refractivity contribution in [3.8, 4) is 11.1 Å². The third-order valence-corrected chi connectivity index (χ3v) is 12.0. The summed E-state index contributed by atoms with van der Waals surface area (Å²) in [5.74, 6) is 0. The van der Waals surface area contributed by atoms with E-state index in [4.69, 9.17) is 4.42 Å². The van der Waals surface area contributed by atoms with E-state index in [1.54, 1.807) is 0 Å². The van der Waals surface area contributed by atoms with Crippen LogP contribution in [0.1, 0.15) is 16.7 Å². The van der Waals surface area contributed by atoms with Gasteiger partial charge in [0.2, 0.25) is 0 Å². The molecule has 3 heteroatoms. The van der Waals surface area contributed by atoms with Crippen LogP contribution in [0, 0.1) is 0 Å². The van der Waals surface area contributed by atoms with Gasteiger partial charge < -0.3 is 13.9 Å². The van der Waals surface area contributed by atoms with E-state index in [0.717, 1.165) is 39.0 Å². The molecule has 11 aromatic rings. The quantitative estimate of drug-likeness (QED) is 0.177. The molecule has 0 unspecified atom stereocenters. The molecule has 0 spiro atoms. The molecule has 0 amide bonds. The summed E-state index contributed by atoms with van der Waals surface area (Å²) in [5, 5.41) is 7.02. The minimum absolute atomic E-state index is 0.601. The number of fused-ring (bicyclic) bond motifs is 10. The Labute approximate surface area is 323 Å². The monoisotopic (exact) mass is 714 g/mol. The third kappa shape index (κ3) is 4.22. The highest BCUT2D eigenvalue weighted by Crippen LogP contribution is 2.56. The summed E-state index contributed by atoms with van der Waals surface area (Å²) in [5.41, 5.74) is 13.1. The molecule has 0 bridgehead atoms. The summed E-state index contributed by atoms with van der Waals surface area (Å²) in [6.45, 7) is 0. The second kappa shape index (κ2) is 11.8. The average Bonchev–Trinajstić information content (AvgIpc) is 3.91. The number of aromatic nitrogens is 1. The minimum atomic E-state index is -0.601. The molecule has 1 aliphatic rings. The largest absolute Gasteiger partial charge is 0.456 e. The molecule has 9 aromatic carbocycles. The van der Waals surface area contributed by atoms with Crippen LogP contribution >= 0.6 is 0 Å². The number of nitrogens with zero attached hydrogens (tertiary/aromatic N) is 2. The van der Waals surface area contributed by atoms with Gasteiger partial charge in [-0.2, -0.15) is 0 Å². The molecule has 262 valence electrons. The van der Waals surface area contributed by atoms with Crippen LogP contribution in [0.25, 0.3) is 65.6 Å². The first-order valence-corrected chi connectivity index (χ1v) is 19.3. The molecule has 0 saturated carbocycles. The van der Waals surface area contributed by atoms with Crippen LogP contribution in [0.4, 0.5) is 17.1 Å². The van der Waals surface area contributed by atoms with Crippen LogP contribution in [0.2, 0.25) is 0 Å². The van der Waals surface area contributed by atoms with Crippen LogP contribution in [0.3, 0.4) is 0 Å². The number of furan rings is 1. The SMILES string of the molecule is c1ccc(C2(n3c4ccccc4c4cc(N(c5ccc6ccccc6c5)c5cccc6oc7ccccc7c56)ccc43)c3ccccc3-c3ccccc32)cc1. The summed E-state index contributed by atoms with van der Waals surface area (Å²) in [4.78, 5) is 2.41. The van der Waals surface area contributed by atoms with Crippen LogP contribution < -0.4 is 4.90 Å². The molecule has 2 heterocycles. The third-order valence-electron chi connectivity index (χ3n) is 12.0. The molecule has 0 atom stereocenters. The summed E-state index contributed by atoms with van der Waals surface area (Å²) in [6.07, 6.45) is 0. The number of benzene rings is 9. The van der Waals surface area contributed by atoms with Gasteiger partial charge in [-0.1, -0.05) is 152 Å². The van der Waals surface area contributed by atoms with Gasteiger partial charge in [-0.25, -0.2) is 0 Å². The number of hydrogen-bond acceptors (Lipinski definition) is 2. The zero-order chi connectivity index (χ0) is 36.8. The molecular formula is C53H34N2O. The Bertz CT molecular complexity index is 3290. The van der Waals surface area contributed by atoms with E-state index in [2.05, 4.69) is 210 Å². The smallest absolute Gasteiger partial charge is 0.137 e. The fourth-order valence-corrected chi connectivity index (χ4v) is 9.72. The molecule has 0 N–H and O–H groups in total. The summed E-state index contributed by atoms with van der Waals surface area (Å²) in [7, 11) is 0. The second-order valence-corrected chi connectivity index (χ2v) is 14.8. The van der Waals surface area contributed by atoms with E-state index in [1.165, 1.54) is 60.4 Å². The van der Waals surface area contributed by atoms with E-state index in [-0.39, 0.29) is 0 Å². The Morgan fingerprint density at radius 1 is 0.411 bits per heavy atom. The maximum Gasteiger partial charge on any atom is 0.137 e. The molecule has 12 rings (SSSR count). The zero-order valence-electron chi connectivity index (χ0n) is 30.4. The highest BCUT2D eigenvalue weighted by Gasteiger charge is 2.47. The summed E-state index contributed by atoms with van der Waals surface area (Å²) in [6, 6.07) is 75.1. The van der Waals surface area contributed by atoms with Crippen LogP contribution in [-0.2, 0) is 5.54 Å². The van der Waals surface area contributed by atoms with Crippen molar-refractivity contribution in [2.24, 2.45) is 0 Å². The zero-order valence-corrected chi connectivity index (χ0v) is 30.4. The van der Waals surface area contributed by atoms with E-state index in [9.17, 15) is 0 Å². The topological polar surface area (TPSA) is 21.3 Å². The lowest BCUT2D eigenvalue weighted by atomic mass is 9.80. The van der Waals surface area contributed by atoms with Crippen LogP contribution in [-0.4, -0.2) is 4.57 Å². The fraction of sp³-hybridized carbons (Fsp3) is 0.0189. The molecule has 0 fully saturated rings. The number of para-hydroxylation sites is 2. The van der Waals surface area contributed by atoms with Crippen molar-refractivity contribution in [1.29, 1.82) is 0 Å². The molecule has 0 radical (unpaired) electrons. The van der Waals surface area contributed by atoms with E-state index in [1.807, 2.05) is 6.07 Å². The number of hydrogen-bond donors (Lipinski definition) is 0. The Balaban J connectivity index is 1.18. The molecule has 56 heavy (non-hydrogen) atoms. The highest BCUT2D eigenvalue weighted by molar-refractivity contribution is 6.15. The van der Waals surface area contributed by atoms with E-state index < -0.39 is 5.54 Å². The highest BCUT2D eigenvalue weighted by atomic mass is 16.3. The van der Waals surface area contributed by atoms with Crippen molar-refractivity contribution < 1.29 is 4.42 Å².